The van der Waals surface area contributed by atoms with Crippen LogP contribution in [0.1, 0.15) is 36.1 Å². The van der Waals surface area contributed by atoms with Gasteiger partial charge in [0.25, 0.3) is 7.37 Å². The molecule has 0 radical (unpaired) electrons. The molecule has 2 unspecified atom stereocenters. The highest BCUT2D eigenvalue weighted by Gasteiger charge is 2.59. The number of hydrogen-bond donors (Lipinski definition) is 0. The Hall–Kier alpha value is -3.17. The predicted octanol–water partition coefficient (Wildman–Crippen LogP) is 7.95. The Bertz CT molecular complexity index is 1470. The number of benzene rings is 4. The van der Waals surface area contributed by atoms with Gasteiger partial charge in [0.1, 0.15) is 18.3 Å². The molecule has 0 spiro atoms. The third-order valence-electron chi connectivity index (χ3n) is 7.77. The molecule has 0 aromatic heterocycles. The Morgan fingerprint density at radius 3 is 1.43 bits per heavy atom. The summed E-state index contributed by atoms with van der Waals surface area (Å²) in [6, 6.07) is 38.2. The summed E-state index contributed by atoms with van der Waals surface area (Å²) in [6.45, 7) is 5.34. The molecule has 0 saturated carbocycles. The summed E-state index contributed by atoms with van der Waals surface area (Å²) >= 11 is 0. The fourth-order valence-electron chi connectivity index (χ4n) is 5.48. The topological polar surface area (TPSA) is 81.7 Å². The third kappa shape index (κ3) is 9.92. The first-order valence-corrected chi connectivity index (χ1v) is 18.0. The standard InChI is InChI=1S/C38H45O8P/c1-3-41-38(42-4-2)47(39)37(45-28-33-23-15-8-16-24-33)36(44-27-32-21-13-7-14-22-32)35(43-26-31-19-11-6-12-20-31)34(46-47)29-40-25-30-17-9-5-10-18-30/h5-24,34-38H,3-4,25-29H2,1-2H3/t34-,35-,36+,37?,47?/m1/s1. The number of hydrogen-bond acceptors (Lipinski definition) is 8. The van der Waals surface area contributed by atoms with E-state index in [2.05, 4.69) is 0 Å². The van der Waals surface area contributed by atoms with Crippen LogP contribution >= 0.6 is 7.37 Å². The van der Waals surface area contributed by atoms with Gasteiger partial charge in [-0.2, -0.15) is 0 Å². The molecule has 47 heavy (non-hydrogen) atoms. The van der Waals surface area contributed by atoms with Crippen LogP contribution in [-0.2, 0) is 63.9 Å². The summed E-state index contributed by atoms with van der Waals surface area (Å²) in [5.74, 6) is -1.07. The molecule has 9 heteroatoms. The highest BCUT2D eigenvalue weighted by Crippen LogP contribution is 2.63. The van der Waals surface area contributed by atoms with Crippen LogP contribution in [0.5, 0.6) is 0 Å². The van der Waals surface area contributed by atoms with Gasteiger partial charge in [0, 0.05) is 13.2 Å². The summed E-state index contributed by atoms with van der Waals surface area (Å²) in [4.78, 5) is 0. The molecule has 0 amide bonds. The second-order valence-electron chi connectivity index (χ2n) is 11.2. The molecule has 4 aromatic carbocycles. The molecule has 250 valence electrons. The quantitative estimate of drug-likeness (QED) is 0.0786. The molecule has 8 nitrogen and oxygen atoms in total. The van der Waals surface area contributed by atoms with Crippen LogP contribution in [0, 0.1) is 0 Å². The van der Waals surface area contributed by atoms with E-state index in [4.69, 9.17) is 32.9 Å². The molecule has 5 atom stereocenters. The number of rotatable bonds is 18. The van der Waals surface area contributed by atoms with Crippen molar-refractivity contribution in [1.29, 1.82) is 0 Å². The van der Waals surface area contributed by atoms with E-state index < -0.39 is 37.6 Å². The SMILES string of the molecule is CCOC(OCC)P1(=O)O[C@H](COCc2ccccc2)[C@@H](OCc2ccccc2)[C@H](OCc2ccccc2)C1OCc1ccccc1. The van der Waals surface area contributed by atoms with Gasteiger partial charge in [-0.05, 0) is 36.1 Å². The average Bonchev–Trinajstić information content (AvgIpc) is 3.11. The van der Waals surface area contributed by atoms with E-state index in [0.29, 0.717) is 6.61 Å². The van der Waals surface area contributed by atoms with E-state index in [9.17, 15) is 0 Å². The van der Waals surface area contributed by atoms with Crippen LogP contribution in [0.15, 0.2) is 121 Å². The van der Waals surface area contributed by atoms with E-state index in [1.807, 2.05) is 135 Å². The zero-order valence-electron chi connectivity index (χ0n) is 27.1. The van der Waals surface area contributed by atoms with Crippen molar-refractivity contribution in [3.05, 3.63) is 144 Å². The largest absolute Gasteiger partial charge is 0.374 e. The Morgan fingerprint density at radius 1 is 0.574 bits per heavy atom. The molecular formula is C38H45O8P. The van der Waals surface area contributed by atoms with E-state index in [1.165, 1.54) is 0 Å². The Labute approximate surface area is 278 Å². The molecule has 0 bridgehead atoms. The summed E-state index contributed by atoms with van der Waals surface area (Å²) in [6.07, 6.45) is -2.31. The van der Waals surface area contributed by atoms with Crippen molar-refractivity contribution in [3.63, 3.8) is 0 Å². The van der Waals surface area contributed by atoms with E-state index in [-0.39, 0.29) is 39.6 Å². The van der Waals surface area contributed by atoms with Gasteiger partial charge >= 0.3 is 0 Å². The third-order valence-corrected chi connectivity index (χ3v) is 10.4. The fourth-order valence-corrected chi connectivity index (χ4v) is 8.21. The molecule has 1 aliphatic heterocycles. The maximum atomic E-state index is 15.4. The van der Waals surface area contributed by atoms with Crippen molar-refractivity contribution in [2.45, 2.75) is 70.5 Å². The van der Waals surface area contributed by atoms with Crippen LogP contribution in [0.25, 0.3) is 0 Å². The monoisotopic (exact) mass is 660 g/mol. The van der Waals surface area contributed by atoms with Crippen molar-refractivity contribution in [2.75, 3.05) is 19.8 Å². The van der Waals surface area contributed by atoms with Crippen molar-refractivity contribution >= 4 is 7.37 Å². The molecule has 1 heterocycles. The zero-order valence-corrected chi connectivity index (χ0v) is 28.0. The van der Waals surface area contributed by atoms with Gasteiger partial charge in [-0.25, -0.2) is 0 Å². The Morgan fingerprint density at radius 2 is 0.979 bits per heavy atom. The fraction of sp³-hybridized carbons (Fsp3) is 0.368. The lowest BCUT2D eigenvalue weighted by Crippen LogP contribution is -2.56. The first kappa shape index (κ1) is 35.1. The molecule has 1 aliphatic rings. The van der Waals surface area contributed by atoms with Gasteiger partial charge in [-0.3, -0.25) is 4.57 Å². The highest BCUT2D eigenvalue weighted by molar-refractivity contribution is 7.60. The second-order valence-corrected chi connectivity index (χ2v) is 13.6. The van der Waals surface area contributed by atoms with Crippen LogP contribution in [-0.4, -0.2) is 50.0 Å². The lowest BCUT2D eigenvalue weighted by Gasteiger charge is -2.47. The lowest BCUT2D eigenvalue weighted by molar-refractivity contribution is -0.195. The van der Waals surface area contributed by atoms with E-state index in [0.717, 1.165) is 22.3 Å². The first-order chi connectivity index (χ1) is 23.1. The second kappa shape index (κ2) is 18.4. The van der Waals surface area contributed by atoms with Crippen molar-refractivity contribution in [2.24, 2.45) is 0 Å². The van der Waals surface area contributed by atoms with Crippen LogP contribution in [0.4, 0.5) is 0 Å². The lowest BCUT2D eigenvalue weighted by atomic mass is 10.1. The minimum absolute atomic E-state index is 0.0971. The van der Waals surface area contributed by atoms with Gasteiger partial charge in [0.2, 0.25) is 6.03 Å². The van der Waals surface area contributed by atoms with Gasteiger partial charge in [0.05, 0.1) is 33.0 Å². The maximum absolute atomic E-state index is 15.4. The smallest absolute Gasteiger partial charge is 0.288 e. The van der Waals surface area contributed by atoms with Gasteiger partial charge in [-0.1, -0.05) is 121 Å². The Balaban J connectivity index is 1.52. The van der Waals surface area contributed by atoms with Crippen LogP contribution < -0.4 is 0 Å². The predicted molar refractivity (Wildman–Crippen MR) is 181 cm³/mol. The van der Waals surface area contributed by atoms with Gasteiger partial charge in [0.15, 0.2) is 5.85 Å². The minimum atomic E-state index is -3.93. The van der Waals surface area contributed by atoms with Crippen molar-refractivity contribution < 1.29 is 37.5 Å². The number of ether oxygens (including phenoxy) is 6. The summed E-state index contributed by atoms with van der Waals surface area (Å²) in [5, 5.41) is 0. The van der Waals surface area contributed by atoms with Crippen LogP contribution in [0.2, 0.25) is 0 Å². The highest BCUT2D eigenvalue weighted by atomic mass is 31.2. The molecule has 1 fully saturated rings. The average molecular weight is 661 g/mol. The normalized spacial score (nSPS) is 22.8. The molecule has 5 rings (SSSR count). The summed E-state index contributed by atoms with van der Waals surface area (Å²) in [7, 11) is -3.93. The molecular weight excluding hydrogens is 615 g/mol. The first-order valence-electron chi connectivity index (χ1n) is 16.2. The minimum Gasteiger partial charge on any atom is -0.374 e. The summed E-state index contributed by atoms with van der Waals surface area (Å²) in [5.41, 5.74) is 3.87. The Kier molecular flexibility index (Phi) is 13.8. The van der Waals surface area contributed by atoms with Crippen molar-refractivity contribution in [1.82, 2.24) is 0 Å². The van der Waals surface area contributed by atoms with Gasteiger partial charge in [-0.15, -0.1) is 0 Å². The maximum Gasteiger partial charge on any atom is 0.288 e. The summed E-state index contributed by atoms with van der Waals surface area (Å²) < 4.78 is 60.1. The van der Waals surface area contributed by atoms with E-state index in [1.54, 1.807) is 0 Å². The van der Waals surface area contributed by atoms with E-state index >= 15 is 4.57 Å². The van der Waals surface area contributed by atoms with Crippen LogP contribution in [0.3, 0.4) is 0 Å². The molecule has 1 saturated heterocycles. The molecule has 0 aliphatic carbocycles. The molecule has 4 aromatic rings. The molecule has 0 N–H and O–H groups in total. The van der Waals surface area contributed by atoms with Crippen molar-refractivity contribution in [3.8, 4) is 0 Å². The van der Waals surface area contributed by atoms with Gasteiger partial charge < -0.3 is 32.9 Å². The zero-order chi connectivity index (χ0) is 32.7.